The molecule has 4 rings (SSSR count). The minimum atomic E-state index is -4.95. The smallest absolute Gasteiger partial charge is 0.394 e. The van der Waals surface area contributed by atoms with E-state index in [1.807, 2.05) is 56.3 Å². The quantitative estimate of drug-likeness (QED) is 0.0496. The summed E-state index contributed by atoms with van der Waals surface area (Å²) in [6, 6.07) is 15.6. The third-order valence-electron chi connectivity index (χ3n) is 9.72. The van der Waals surface area contributed by atoms with Crippen LogP contribution in [0.5, 0.6) is 0 Å². The largest absolute Gasteiger partial charge is 0.416 e. The standard InChI is InChI=1S/C38H49F6N3O5/c1-3-28-21-29(10-9-26(28)2)33(11-15-47-16-12-36(50,13-17-47)30-7-5-4-6-8-30)34(46-52-18-14-45-35(49)23-48)25-51-24-27-19-31(37(39,40)41)22-32(20-27)38(42,43)44/h4-10,19,21-22,27,33,35,45,48-50H,3,11-18,20,23-25H2,1-2H3/b46-34+. The summed E-state index contributed by atoms with van der Waals surface area (Å²) in [5.74, 6) is -1.57. The molecule has 0 radical (unpaired) electrons. The fourth-order valence-electron chi connectivity index (χ4n) is 6.65. The summed E-state index contributed by atoms with van der Waals surface area (Å²) >= 11 is 0. The fraction of sp³-hybridized carbons (Fsp3) is 0.553. The molecule has 0 amide bonds. The van der Waals surface area contributed by atoms with Gasteiger partial charge in [-0.15, -0.1) is 0 Å². The van der Waals surface area contributed by atoms with Gasteiger partial charge in [-0.3, -0.25) is 5.32 Å². The number of rotatable bonds is 17. The molecule has 1 heterocycles. The van der Waals surface area contributed by atoms with Crippen LogP contribution in [-0.4, -0.2) is 97.1 Å². The van der Waals surface area contributed by atoms with Crippen LogP contribution in [0.3, 0.4) is 0 Å². The molecular formula is C38H49F6N3O5. The second-order valence-electron chi connectivity index (χ2n) is 13.5. The predicted octanol–water partition coefficient (Wildman–Crippen LogP) is 6.30. The number of hydrogen-bond donors (Lipinski definition) is 4. The number of nitrogens with one attached hydrogen (secondary N) is 1. The molecule has 4 N–H and O–H groups in total. The normalized spacial score (nSPS) is 19.9. The van der Waals surface area contributed by atoms with Crippen LogP contribution in [0.25, 0.3) is 0 Å². The van der Waals surface area contributed by atoms with Gasteiger partial charge < -0.3 is 29.8 Å². The van der Waals surface area contributed by atoms with Crippen molar-refractivity contribution in [1.82, 2.24) is 10.2 Å². The number of ether oxygens (including phenoxy) is 1. The van der Waals surface area contributed by atoms with Crippen molar-refractivity contribution < 1.29 is 51.2 Å². The third kappa shape index (κ3) is 11.9. The second-order valence-corrected chi connectivity index (χ2v) is 13.5. The van der Waals surface area contributed by atoms with Crippen molar-refractivity contribution in [1.29, 1.82) is 0 Å². The maximum absolute atomic E-state index is 13.6. The highest BCUT2D eigenvalue weighted by Crippen LogP contribution is 2.40. The molecule has 0 saturated carbocycles. The van der Waals surface area contributed by atoms with Crippen LogP contribution in [0.4, 0.5) is 26.3 Å². The number of aryl methyl sites for hydroxylation is 2. The Labute approximate surface area is 300 Å². The molecule has 1 saturated heterocycles. The number of piperidine rings is 1. The number of benzene rings is 2. The Balaban J connectivity index is 1.55. The van der Waals surface area contributed by atoms with E-state index >= 15 is 0 Å². The van der Waals surface area contributed by atoms with E-state index in [4.69, 9.17) is 14.7 Å². The summed E-state index contributed by atoms with van der Waals surface area (Å²) in [7, 11) is 0. The van der Waals surface area contributed by atoms with Crippen LogP contribution < -0.4 is 5.32 Å². The Morgan fingerprint density at radius 3 is 2.40 bits per heavy atom. The van der Waals surface area contributed by atoms with Gasteiger partial charge in [0.15, 0.2) is 0 Å². The highest BCUT2D eigenvalue weighted by molar-refractivity contribution is 5.91. The Kier molecular flexibility index (Phi) is 14.9. The van der Waals surface area contributed by atoms with Gasteiger partial charge in [0, 0.05) is 37.0 Å². The van der Waals surface area contributed by atoms with Crippen LogP contribution in [0.15, 0.2) is 77.0 Å². The SMILES string of the molecule is CCc1cc(C(CCN2CCC(O)(c3ccccc3)CC2)/C(COCC2C=C(C(F)(F)F)C=C(C(F)(F)F)C2)=N/OCCNC(O)CO)ccc1C. The van der Waals surface area contributed by atoms with Crippen LogP contribution in [0.1, 0.15) is 60.8 Å². The van der Waals surface area contributed by atoms with Gasteiger partial charge in [-0.1, -0.05) is 66.7 Å². The van der Waals surface area contributed by atoms with Crippen molar-refractivity contribution in [2.45, 2.75) is 76.1 Å². The van der Waals surface area contributed by atoms with E-state index in [0.29, 0.717) is 44.6 Å². The lowest BCUT2D eigenvalue weighted by Crippen LogP contribution is -2.43. The number of halogens is 6. The first-order valence-corrected chi connectivity index (χ1v) is 17.6. The zero-order valence-electron chi connectivity index (χ0n) is 29.5. The van der Waals surface area contributed by atoms with E-state index < -0.39 is 66.8 Å². The molecule has 14 heteroatoms. The van der Waals surface area contributed by atoms with Crippen molar-refractivity contribution in [2.24, 2.45) is 11.1 Å². The van der Waals surface area contributed by atoms with E-state index in [0.717, 1.165) is 34.8 Å². The van der Waals surface area contributed by atoms with Crippen LogP contribution in [0.2, 0.25) is 0 Å². The van der Waals surface area contributed by atoms with Gasteiger partial charge >= 0.3 is 12.4 Å². The number of nitrogens with zero attached hydrogens (tertiary/aromatic N) is 2. The van der Waals surface area contributed by atoms with Gasteiger partial charge in [0.25, 0.3) is 0 Å². The molecule has 8 nitrogen and oxygen atoms in total. The molecule has 2 aromatic carbocycles. The van der Waals surface area contributed by atoms with Crippen LogP contribution in [-0.2, 0) is 21.6 Å². The Morgan fingerprint density at radius 1 is 1.06 bits per heavy atom. The number of likely N-dealkylation sites (tertiary alicyclic amines) is 1. The summed E-state index contributed by atoms with van der Waals surface area (Å²) in [5.41, 5.74) is 0.812. The zero-order valence-corrected chi connectivity index (χ0v) is 29.5. The first-order chi connectivity index (χ1) is 24.6. The molecule has 0 bridgehead atoms. The Hall–Kier alpha value is -3.27. The maximum atomic E-state index is 13.6. The molecule has 1 aliphatic carbocycles. The van der Waals surface area contributed by atoms with Crippen molar-refractivity contribution in [2.75, 3.05) is 52.6 Å². The lowest BCUT2D eigenvalue weighted by atomic mass is 9.84. The van der Waals surface area contributed by atoms with Gasteiger partial charge in [0.1, 0.15) is 12.8 Å². The van der Waals surface area contributed by atoms with E-state index in [1.165, 1.54) is 0 Å². The average Bonchev–Trinajstić information content (AvgIpc) is 3.12. The number of aliphatic hydroxyl groups is 3. The summed E-state index contributed by atoms with van der Waals surface area (Å²) in [5, 5.41) is 37.1. The van der Waals surface area contributed by atoms with Gasteiger partial charge in [0.2, 0.25) is 0 Å². The number of allylic oxidation sites excluding steroid dienone is 3. The fourth-order valence-corrected chi connectivity index (χ4v) is 6.65. The summed E-state index contributed by atoms with van der Waals surface area (Å²) in [6.07, 6.45) is -8.39. The average molecular weight is 742 g/mol. The van der Waals surface area contributed by atoms with E-state index in [9.17, 15) is 36.6 Å². The molecule has 3 unspecified atom stereocenters. The molecule has 1 aliphatic heterocycles. The molecule has 288 valence electrons. The predicted molar refractivity (Wildman–Crippen MR) is 186 cm³/mol. The Morgan fingerprint density at radius 2 is 1.77 bits per heavy atom. The van der Waals surface area contributed by atoms with Gasteiger partial charge in [-0.2, -0.15) is 26.3 Å². The van der Waals surface area contributed by atoms with E-state index in [1.54, 1.807) is 0 Å². The number of alkyl halides is 6. The molecule has 52 heavy (non-hydrogen) atoms. The number of aliphatic hydroxyl groups excluding tert-OH is 2. The minimum absolute atomic E-state index is 0.00831. The van der Waals surface area contributed by atoms with Gasteiger partial charge in [-0.05, 0) is 73.9 Å². The number of oxime groups is 1. The first-order valence-electron chi connectivity index (χ1n) is 17.6. The monoisotopic (exact) mass is 741 g/mol. The van der Waals surface area contributed by atoms with Crippen LogP contribution in [0, 0.1) is 12.8 Å². The maximum Gasteiger partial charge on any atom is 0.416 e. The van der Waals surface area contributed by atoms with Crippen molar-refractivity contribution in [3.63, 3.8) is 0 Å². The van der Waals surface area contributed by atoms with Crippen LogP contribution >= 0.6 is 0 Å². The van der Waals surface area contributed by atoms with Crippen molar-refractivity contribution in [3.8, 4) is 0 Å². The summed E-state index contributed by atoms with van der Waals surface area (Å²) in [4.78, 5) is 7.84. The molecule has 0 spiro atoms. The topological polar surface area (TPSA) is 107 Å². The molecular weight excluding hydrogens is 692 g/mol. The zero-order chi connectivity index (χ0) is 37.9. The molecule has 1 fully saturated rings. The lowest BCUT2D eigenvalue weighted by molar-refractivity contribution is -0.101. The molecule has 3 atom stereocenters. The molecule has 2 aliphatic rings. The first kappa shape index (κ1) is 41.5. The highest BCUT2D eigenvalue weighted by atomic mass is 19.4. The van der Waals surface area contributed by atoms with Crippen molar-refractivity contribution >= 4 is 5.71 Å². The second kappa shape index (κ2) is 18.7. The Bertz CT molecular complexity index is 1520. The lowest BCUT2D eigenvalue weighted by Gasteiger charge is -2.39. The molecule has 0 aromatic heterocycles. The third-order valence-corrected chi connectivity index (χ3v) is 9.72. The van der Waals surface area contributed by atoms with Gasteiger partial charge in [-0.25, -0.2) is 0 Å². The van der Waals surface area contributed by atoms with E-state index in [-0.39, 0.29) is 25.8 Å². The minimum Gasteiger partial charge on any atom is -0.394 e. The number of hydrogen-bond acceptors (Lipinski definition) is 8. The van der Waals surface area contributed by atoms with Crippen molar-refractivity contribution in [3.05, 3.63) is 94.1 Å². The summed E-state index contributed by atoms with van der Waals surface area (Å²) in [6.45, 7) is 4.89. The molecule has 2 aromatic rings. The highest BCUT2D eigenvalue weighted by Gasteiger charge is 2.42. The summed E-state index contributed by atoms with van der Waals surface area (Å²) < 4.78 is 87.2. The van der Waals surface area contributed by atoms with Gasteiger partial charge in [0.05, 0.1) is 36.7 Å². The van der Waals surface area contributed by atoms with E-state index in [2.05, 4.69) is 21.4 Å².